The predicted molar refractivity (Wildman–Crippen MR) is 118 cm³/mol. The smallest absolute Gasteiger partial charge is 0.296 e. The van der Waals surface area contributed by atoms with Crippen molar-refractivity contribution in [2.75, 3.05) is 6.61 Å². The Morgan fingerprint density at radius 1 is 1.13 bits per heavy atom. The second-order valence-electron chi connectivity index (χ2n) is 7.02. The predicted octanol–water partition coefficient (Wildman–Crippen LogP) is 2.97. The number of hydrogen-bond acceptors (Lipinski definition) is 6. The van der Waals surface area contributed by atoms with Crippen LogP contribution in [0.1, 0.15) is 36.6 Å². The molecule has 0 amide bonds. The zero-order valence-electron chi connectivity index (χ0n) is 16.9. The molecular formula is C23H20FN3O3S. The van der Waals surface area contributed by atoms with Gasteiger partial charge in [-0.2, -0.15) is 14.6 Å². The van der Waals surface area contributed by atoms with Gasteiger partial charge >= 0.3 is 0 Å². The minimum Gasteiger partial charge on any atom is -0.493 e. The van der Waals surface area contributed by atoms with E-state index in [1.807, 2.05) is 24.3 Å². The van der Waals surface area contributed by atoms with Crippen molar-refractivity contribution in [2.45, 2.75) is 26.2 Å². The molecule has 2 heterocycles. The van der Waals surface area contributed by atoms with Crippen molar-refractivity contribution in [1.82, 2.24) is 14.6 Å². The lowest BCUT2D eigenvalue weighted by molar-refractivity contribution is 0.309. The zero-order valence-corrected chi connectivity index (χ0v) is 17.7. The molecule has 0 saturated carbocycles. The van der Waals surface area contributed by atoms with Crippen LogP contribution in [0, 0.1) is 5.82 Å². The Morgan fingerprint density at radius 3 is 2.68 bits per heavy atom. The van der Waals surface area contributed by atoms with Gasteiger partial charge in [-0.1, -0.05) is 55.0 Å². The normalized spacial score (nSPS) is 11.9. The standard InChI is InChI=1S/C23H20FN3O3S/c1-2-3-12-30-19-7-5-4-6-16(19)14-20-22(29)27-23(31-20)25-21(28)18(26-27)13-15-8-10-17(24)11-9-15/h4-11,14H,2-3,12-13H2,1H3. The van der Waals surface area contributed by atoms with Crippen LogP contribution in [0.15, 0.2) is 58.1 Å². The molecule has 0 radical (unpaired) electrons. The minimum absolute atomic E-state index is 0.133. The number of hydrogen-bond donors (Lipinski definition) is 0. The molecule has 0 spiro atoms. The van der Waals surface area contributed by atoms with Gasteiger partial charge in [-0.05, 0) is 36.3 Å². The Hall–Kier alpha value is -3.39. The van der Waals surface area contributed by atoms with Crippen LogP contribution >= 0.6 is 11.3 Å². The molecule has 0 fully saturated rings. The first-order valence-electron chi connectivity index (χ1n) is 9.96. The summed E-state index contributed by atoms with van der Waals surface area (Å²) in [7, 11) is 0. The fourth-order valence-electron chi connectivity index (χ4n) is 3.05. The average molecular weight is 437 g/mol. The van der Waals surface area contributed by atoms with Gasteiger partial charge in [-0.25, -0.2) is 4.39 Å². The van der Waals surface area contributed by atoms with E-state index < -0.39 is 5.56 Å². The molecule has 31 heavy (non-hydrogen) atoms. The molecule has 4 aromatic rings. The van der Waals surface area contributed by atoms with E-state index in [4.69, 9.17) is 4.74 Å². The highest BCUT2D eigenvalue weighted by atomic mass is 32.1. The monoisotopic (exact) mass is 437 g/mol. The average Bonchev–Trinajstić information content (AvgIpc) is 3.06. The minimum atomic E-state index is -0.500. The lowest BCUT2D eigenvalue weighted by Crippen LogP contribution is -2.28. The van der Waals surface area contributed by atoms with E-state index in [0.717, 1.165) is 34.3 Å². The third-order valence-corrected chi connectivity index (χ3v) is 5.66. The number of thiazole rings is 1. The number of rotatable bonds is 7. The Morgan fingerprint density at radius 2 is 1.90 bits per heavy atom. The summed E-state index contributed by atoms with van der Waals surface area (Å²) in [5.74, 6) is 0.334. The van der Waals surface area contributed by atoms with Crippen LogP contribution < -0.4 is 20.4 Å². The number of aromatic nitrogens is 3. The summed E-state index contributed by atoms with van der Waals surface area (Å²) in [6.07, 6.45) is 3.86. The number of unbranched alkanes of at least 4 members (excludes halogenated alkanes) is 1. The van der Waals surface area contributed by atoms with Gasteiger partial charge in [-0.3, -0.25) is 9.59 Å². The lowest BCUT2D eigenvalue weighted by atomic mass is 10.1. The number of fused-ring (bicyclic) bond motifs is 1. The van der Waals surface area contributed by atoms with Crippen molar-refractivity contribution in [3.05, 3.63) is 96.4 Å². The largest absolute Gasteiger partial charge is 0.493 e. The summed E-state index contributed by atoms with van der Waals surface area (Å²) in [6.45, 7) is 2.69. The van der Waals surface area contributed by atoms with E-state index >= 15 is 0 Å². The Bertz CT molecular complexity index is 1380. The maximum atomic E-state index is 13.1. The Labute approximate surface area is 181 Å². The van der Waals surface area contributed by atoms with Crippen LogP contribution in [0.25, 0.3) is 11.0 Å². The molecule has 0 aliphatic carbocycles. The molecule has 0 bridgehead atoms. The van der Waals surface area contributed by atoms with Gasteiger partial charge < -0.3 is 4.74 Å². The van der Waals surface area contributed by atoms with Gasteiger partial charge in [0, 0.05) is 12.0 Å². The van der Waals surface area contributed by atoms with Gasteiger partial charge in [0.15, 0.2) is 0 Å². The van der Waals surface area contributed by atoms with Crippen LogP contribution in [0.2, 0.25) is 0 Å². The second-order valence-corrected chi connectivity index (χ2v) is 8.03. The van der Waals surface area contributed by atoms with Crippen LogP contribution in [-0.4, -0.2) is 21.2 Å². The number of ether oxygens (including phenoxy) is 1. The first kappa shape index (κ1) is 20.9. The lowest BCUT2D eigenvalue weighted by Gasteiger charge is -2.07. The molecule has 0 unspecified atom stereocenters. The van der Waals surface area contributed by atoms with Crippen LogP contribution in [0.4, 0.5) is 4.39 Å². The van der Waals surface area contributed by atoms with Crippen LogP contribution in [-0.2, 0) is 6.42 Å². The van der Waals surface area contributed by atoms with Gasteiger partial charge in [0.05, 0.1) is 11.1 Å². The summed E-state index contributed by atoms with van der Waals surface area (Å²) in [6, 6.07) is 13.3. The number of halogens is 1. The molecule has 6 nitrogen and oxygen atoms in total. The van der Waals surface area contributed by atoms with Crippen molar-refractivity contribution in [3.8, 4) is 5.75 Å². The van der Waals surface area contributed by atoms with Crippen molar-refractivity contribution in [2.24, 2.45) is 0 Å². The molecule has 0 aliphatic heterocycles. The molecular weight excluding hydrogens is 417 g/mol. The van der Waals surface area contributed by atoms with E-state index in [9.17, 15) is 14.0 Å². The first-order valence-corrected chi connectivity index (χ1v) is 10.8. The molecule has 158 valence electrons. The van der Waals surface area contributed by atoms with Crippen molar-refractivity contribution >= 4 is 22.4 Å². The third kappa shape index (κ3) is 4.69. The zero-order chi connectivity index (χ0) is 21.8. The van der Waals surface area contributed by atoms with Gasteiger partial charge in [0.2, 0.25) is 4.96 Å². The van der Waals surface area contributed by atoms with Gasteiger partial charge in [0.25, 0.3) is 11.1 Å². The van der Waals surface area contributed by atoms with E-state index in [0.29, 0.717) is 22.5 Å². The molecule has 2 aromatic carbocycles. The number of nitrogens with zero attached hydrogens (tertiary/aromatic N) is 3. The quantitative estimate of drug-likeness (QED) is 0.416. The summed E-state index contributed by atoms with van der Waals surface area (Å²) in [5, 5.41) is 4.23. The summed E-state index contributed by atoms with van der Waals surface area (Å²) < 4.78 is 20.5. The topological polar surface area (TPSA) is 73.6 Å². The molecule has 4 rings (SSSR count). The van der Waals surface area contributed by atoms with E-state index in [1.165, 1.54) is 12.1 Å². The summed E-state index contributed by atoms with van der Waals surface area (Å²) in [5.41, 5.74) is 0.766. The van der Waals surface area contributed by atoms with Gasteiger partial charge in [0.1, 0.15) is 17.3 Å². The summed E-state index contributed by atoms with van der Waals surface area (Å²) >= 11 is 1.10. The van der Waals surface area contributed by atoms with Crippen molar-refractivity contribution < 1.29 is 9.13 Å². The molecule has 0 N–H and O–H groups in total. The molecule has 8 heteroatoms. The Balaban J connectivity index is 1.73. The fourth-order valence-corrected chi connectivity index (χ4v) is 3.94. The SMILES string of the molecule is CCCCOc1ccccc1C=c1sc2nc(=O)c(Cc3ccc(F)cc3)nn2c1=O. The molecule has 0 saturated heterocycles. The molecule has 0 aliphatic rings. The number of para-hydroxylation sites is 1. The van der Waals surface area contributed by atoms with E-state index in [-0.39, 0.29) is 28.5 Å². The molecule has 0 atom stereocenters. The first-order chi connectivity index (χ1) is 15.0. The maximum Gasteiger partial charge on any atom is 0.296 e. The number of benzene rings is 2. The van der Waals surface area contributed by atoms with E-state index in [2.05, 4.69) is 17.0 Å². The van der Waals surface area contributed by atoms with E-state index in [1.54, 1.807) is 18.2 Å². The highest BCUT2D eigenvalue weighted by Gasteiger charge is 2.12. The van der Waals surface area contributed by atoms with Crippen LogP contribution in [0.3, 0.4) is 0 Å². The van der Waals surface area contributed by atoms with Crippen LogP contribution in [0.5, 0.6) is 5.75 Å². The maximum absolute atomic E-state index is 13.1. The fraction of sp³-hybridized carbons (Fsp3) is 0.217. The van der Waals surface area contributed by atoms with Crippen molar-refractivity contribution in [3.63, 3.8) is 0 Å². The van der Waals surface area contributed by atoms with Gasteiger partial charge in [-0.15, -0.1) is 0 Å². The summed E-state index contributed by atoms with van der Waals surface area (Å²) in [4.78, 5) is 29.6. The van der Waals surface area contributed by atoms with Crippen molar-refractivity contribution in [1.29, 1.82) is 0 Å². The molecule has 2 aromatic heterocycles. The highest BCUT2D eigenvalue weighted by Crippen LogP contribution is 2.19. The third-order valence-electron chi connectivity index (χ3n) is 4.70. The second kappa shape index (κ2) is 9.18. The Kier molecular flexibility index (Phi) is 6.18. The highest BCUT2D eigenvalue weighted by molar-refractivity contribution is 7.15.